The molecule has 102 valence electrons. The molecule has 1 heterocycles. The van der Waals surface area contributed by atoms with E-state index < -0.39 is 11.9 Å². The second-order valence-corrected chi connectivity index (χ2v) is 5.19. The molecule has 2 rings (SSSR count). The van der Waals surface area contributed by atoms with Crippen LogP contribution in [0.1, 0.15) is 22.9 Å². The molecule has 0 aliphatic heterocycles. The molecule has 1 aromatic heterocycles. The molecule has 1 aromatic carbocycles. The molecule has 2 N–H and O–H groups in total. The van der Waals surface area contributed by atoms with Crippen LogP contribution in [0.2, 0.25) is 10.2 Å². The van der Waals surface area contributed by atoms with Crippen LogP contribution in [-0.2, 0) is 13.5 Å². The Kier molecular flexibility index (Phi) is 4.13. The Morgan fingerprint density at radius 1 is 1.42 bits per heavy atom. The molecule has 0 aliphatic carbocycles. The average Bonchev–Trinajstić information content (AvgIpc) is 2.56. The number of halogens is 3. The average molecular weight is 302 g/mol. The molecule has 1 atom stereocenters. The number of aromatic nitrogens is 2. The highest BCUT2D eigenvalue weighted by atomic mass is 35.5. The molecule has 0 aliphatic rings. The summed E-state index contributed by atoms with van der Waals surface area (Å²) in [7, 11) is 1.75. The van der Waals surface area contributed by atoms with Gasteiger partial charge < -0.3 is 5.73 Å². The molecule has 6 heteroatoms. The maximum Gasteiger partial charge on any atom is 0.130 e. The zero-order chi connectivity index (χ0) is 14.2. The van der Waals surface area contributed by atoms with Gasteiger partial charge in [-0.3, -0.25) is 4.68 Å². The van der Waals surface area contributed by atoms with E-state index in [0.29, 0.717) is 22.2 Å². The second-order valence-electron chi connectivity index (χ2n) is 4.42. The van der Waals surface area contributed by atoms with Crippen molar-refractivity contribution in [1.29, 1.82) is 0 Å². The Bertz CT molecular complexity index is 590. The highest BCUT2D eigenvalue weighted by Crippen LogP contribution is 2.29. The van der Waals surface area contributed by atoms with Crippen LogP contribution in [0.3, 0.4) is 0 Å². The van der Waals surface area contributed by atoms with Gasteiger partial charge in [0.2, 0.25) is 0 Å². The maximum absolute atomic E-state index is 13.8. The first-order valence-corrected chi connectivity index (χ1v) is 6.55. The van der Waals surface area contributed by atoms with Crippen LogP contribution in [0.5, 0.6) is 0 Å². The van der Waals surface area contributed by atoms with Gasteiger partial charge in [0.05, 0.1) is 5.69 Å². The molecule has 0 spiro atoms. The van der Waals surface area contributed by atoms with E-state index >= 15 is 0 Å². The maximum atomic E-state index is 13.8. The van der Waals surface area contributed by atoms with E-state index in [9.17, 15) is 4.39 Å². The van der Waals surface area contributed by atoms with Gasteiger partial charge in [0.15, 0.2) is 0 Å². The summed E-state index contributed by atoms with van der Waals surface area (Å²) in [4.78, 5) is 0. The summed E-state index contributed by atoms with van der Waals surface area (Å²) in [5.41, 5.74) is 7.97. The van der Waals surface area contributed by atoms with Crippen LogP contribution in [0, 0.1) is 12.7 Å². The van der Waals surface area contributed by atoms with Crippen LogP contribution < -0.4 is 5.73 Å². The second kappa shape index (κ2) is 5.49. The molecule has 0 radical (unpaired) electrons. The number of hydrogen-bond acceptors (Lipinski definition) is 2. The topological polar surface area (TPSA) is 43.8 Å². The van der Waals surface area contributed by atoms with Gasteiger partial charge in [-0.25, -0.2) is 4.39 Å². The molecule has 0 saturated heterocycles. The first-order valence-electron chi connectivity index (χ1n) is 5.79. The van der Waals surface area contributed by atoms with Crippen molar-refractivity contribution in [3.8, 4) is 0 Å². The SMILES string of the molecule is Cc1nn(C)c(Cl)c1CC(N)c1c(F)cccc1Cl. The van der Waals surface area contributed by atoms with E-state index in [1.54, 1.807) is 23.9 Å². The summed E-state index contributed by atoms with van der Waals surface area (Å²) in [6.07, 6.45) is 0.388. The number of nitrogens with zero attached hydrogens (tertiary/aromatic N) is 2. The fraction of sp³-hybridized carbons (Fsp3) is 0.308. The largest absolute Gasteiger partial charge is 0.324 e. The fourth-order valence-corrected chi connectivity index (χ4v) is 2.65. The summed E-state index contributed by atoms with van der Waals surface area (Å²) in [6, 6.07) is 3.96. The lowest BCUT2D eigenvalue weighted by molar-refractivity contribution is 0.580. The van der Waals surface area contributed by atoms with Gasteiger partial charge in [-0.2, -0.15) is 5.10 Å². The Balaban J connectivity index is 2.33. The zero-order valence-corrected chi connectivity index (χ0v) is 12.1. The summed E-state index contributed by atoms with van der Waals surface area (Å²) >= 11 is 12.1. The molecule has 2 aromatic rings. The fourth-order valence-electron chi connectivity index (χ4n) is 2.09. The van der Waals surface area contributed by atoms with Gasteiger partial charge in [0.1, 0.15) is 11.0 Å². The van der Waals surface area contributed by atoms with Crippen molar-refractivity contribution in [3.63, 3.8) is 0 Å². The highest BCUT2D eigenvalue weighted by molar-refractivity contribution is 6.31. The molecular weight excluding hydrogens is 288 g/mol. The van der Waals surface area contributed by atoms with Gasteiger partial charge in [0, 0.05) is 29.2 Å². The van der Waals surface area contributed by atoms with Gasteiger partial charge in [-0.15, -0.1) is 0 Å². The minimum Gasteiger partial charge on any atom is -0.324 e. The summed E-state index contributed by atoms with van der Waals surface area (Å²) in [5, 5.41) is 5.04. The standard InChI is InChI=1S/C13H14Cl2FN3/c1-7-8(13(15)19(2)18-7)6-11(17)12-9(14)4-3-5-10(12)16/h3-5,11H,6,17H2,1-2H3. The number of benzene rings is 1. The van der Waals surface area contributed by atoms with Crippen molar-refractivity contribution in [2.24, 2.45) is 12.8 Å². The Morgan fingerprint density at radius 3 is 2.63 bits per heavy atom. The normalized spacial score (nSPS) is 12.7. The van der Waals surface area contributed by atoms with Crippen molar-refractivity contribution >= 4 is 23.2 Å². The van der Waals surface area contributed by atoms with Crippen LogP contribution in [0.15, 0.2) is 18.2 Å². The third-order valence-electron chi connectivity index (χ3n) is 3.06. The van der Waals surface area contributed by atoms with E-state index in [2.05, 4.69) is 5.10 Å². The minimum absolute atomic E-state index is 0.309. The quantitative estimate of drug-likeness (QED) is 0.944. The van der Waals surface area contributed by atoms with E-state index in [-0.39, 0.29) is 0 Å². The summed E-state index contributed by atoms with van der Waals surface area (Å²) in [6.45, 7) is 1.84. The molecule has 0 fully saturated rings. The van der Waals surface area contributed by atoms with Gasteiger partial charge in [-0.1, -0.05) is 29.3 Å². The van der Waals surface area contributed by atoms with Crippen molar-refractivity contribution in [2.45, 2.75) is 19.4 Å². The van der Waals surface area contributed by atoms with Crippen LogP contribution in [0.4, 0.5) is 4.39 Å². The van der Waals surface area contributed by atoms with Crippen molar-refractivity contribution in [3.05, 3.63) is 51.0 Å². The first-order chi connectivity index (χ1) is 8.91. The molecule has 19 heavy (non-hydrogen) atoms. The minimum atomic E-state index is -0.561. The smallest absolute Gasteiger partial charge is 0.130 e. The Morgan fingerprint density at radius 2 is 2.11 bits per heavy atom. The van der Waals surface area contributed by atoms with Gasteiger partial charge in [-0.05, 0) is 25.5 Å². The predicted molar refractivity (Wildman–Crippen MR) is 75.0 cm³/mol. The van der Waals surface area contributed by atoms with Crippen LogP contribution >= 0.6 is 23.2 Å². The molecule has 0 bridgehead atoms. The molecule has 1 unspecified atom stereocenters. The number of aryl methyl sites for hydroxylation is 2. The third kappa shape index (κ3) is 2.76. The number of rotatable bonds is 3. The van der Waals surface area contributed by atoms with Crippen molar-refractivity contribution in [2.75, 3.05) is 0 Å². The first kappa shape index (κ1) is 14.3. The molecule has 0 saturated carbocycles. The molecule has 3 nitrogen and oxygen atoms in total. The Labute approximate surface area is 121 Å². The highest BCUT2D eigenvalue weighted by Gasteiger charge is 2.20. The summed E-state index contributed by atoms with van der Waals surface area (Å²) in [5.74, 6) is -0.405. The number of nitrogens with two attached hydrogens (primary N) is 1. The lowest BCUT2D eigenvalue weighted by Crippen LogP contribution is -2.16. The van der Waals surface area contributed by atoms with E-state index in [1.165, 1.54) is 6.07 Å². The van der Waals surface area contributed by atoms with Crippen molar-refractivity contribution < 1.29 is 4.39 Å². The van der Waals surface area contributed by atoms with E-state index in [4.69, 9.17) is 28.9 Å². The Hall–Kier alpha value is -1.10. The number of hydrogen-bond donors (Lipinski definition) is 1. The molecule has 0 amide bonds. The summed E-state index contributed by atoms with van der Waals surface area (Å²) < 4.78 is 15.4. The van der Waals surface area contributed by atoms with Crippen LogP contribution in [-0.4, -0.2) is 9.78 Å². The zero-order valence-electron chi connectivity index (χ0n) is 10.6. The van der Waals surface area contributed by atoms with Gasteiger partial charge >= 0.3 is 0 Å². The monoisotopic (exact) mass is 301 g/mol. The van der Waals surface area contributed by atoms with E-state index in [0.717, 1.165) is 11.3 Å². The van der Waals surface area contributed by atoms with Gasteiger partial charge in [0.25, 0.3) is 0 Å². The van der Waals surface area contributed by atoms with E-state index in [1.807, 2.05) is 6.92 Å². The molecular formula is C13H14Cl2FN3. The lowest BCUT2D eigenvalue weighted by Gasteiger charge is -2.14. The van der Waals surface area contributed by atoms with Crippen molar-refractivity contribution in [1.82, 2.24) is 9.78 Å². The lowest BCUT2D eigenvalue weighted by atomic mass is 9.99. The predicted octanol–water partition coefficient (Wildman–Crippen LogP) is 3.42. The van der Waals surface area contributed by atoms with Crippen LogP contribution in [0.25, 0.3) is 0 Å². The third-order valence-corrected chi connectivity index (χ3v) is 3.87.